The van der Waals surface area contributed by atoms with Crippen molar-refractivity contribution >= 4 is 21.8 Å². The Morgan fingerprint density at radius 3 is 2.25 bits per heavy atom. The van der Waals surface area contributed by atoms with Gasteiger partial charge in [0.05, 0.1) is 10.9 Å². The summed E-state index contributed by atoms with van der Waals surface area (Å²) in [6.07, 6.45) is 1.57. The largest absolute Gasteiger partial charge is 0.343 e. The summed E-state index contributed by atoms with van der Waals surface area (Å²) in [5.74, 6) is -0.375. The van der Waals surface area contributed by atoms with Gasteiger partial charge in [0.15, 0.2) is 0 Å². The fourth-order valence-electron chi connectivity index (χ4n) is 4.59. The average Bonchev–Trinajstić information content (AvgIpc) is 3.20. The lowest BCUT2D eigenvalue weighted by molar-refractivity contribution is -0.139. The molecule has 0 aliphatic carbocycles. The van der Waals surface area contributed by atoms with Gasteiger partial charge < -0.3 is 16.0 Å². The van der Waals surface area contributed by atoms with Crippen molar-refractivity contribution in [3.63, 3.8) is 0 Å². The molecule has 1 aromatic rings. The smallest absolute Gasteiger partial charge is 0.245 e. The summed E-state index contributed by atoms with van der Waals surface area (Å²) in [5.41, 5.74) is 5.98. The third-order valence-corrected chi connectivity index (χ3v) is 8.62. The van der Waals surface area contributed by atoms with Gasteiger partial charge in [0, 0.05) is 25.7 Å². The van der Waals surface area contributed by atoms with Crippen molar-refractivity contribution < 1.29 is 18.0 Å². The van der Waals surface area contributed by atoms with Gasteiger partial charge in [0.1, 0.15) is 6.04 Å². The molecule has 1 aromatic carbocycles. The Hall–Kier alpha value is -1.97. The van der Waals surface area contributed by atoms with Crippen molar-refractivity contribution in [2.75, 3.05) is 19.6 Å². The van der Waals surface area contributed by atoms with Crippen LogP contribution in [0.15, 0.2) is 35.2 Å². The molecule has 0 radical (unpaired) electrons. The number of piperidine rings is 1. The van der Waals surface area contributed by atoms with E-state index in [9.17, 15) is 18.0 Å². The average molecular weight is 465 g/mol. The Balaban J connectivity index is 1.77. The number of nitrogens with two attached hydrogens (primary N) is 1. The molecule has 2 unspecified atom stereocenters. The molecule has 2 aliphatic rings. The van der Waals surface area contributed by atoms with Crippen LogP contribution in [0.25, 0.3) is 0 Å². The van der Waals surface area contributed by atoms with E-state index >= 15 is 0 Å². The fraction of sp³-hybridized carbons (Fsp3) is 0.652. The number of hydrogen-bond acceptors (Lipinski definition) is 5. The van der Waals surface area contributed by atoms with E-state index in [1.807, 2.05) is 27.7 Å². The normalized spacial score (nSPS) is 23.8. The number of rotatable bonds is 7. The molecule has 2 amide bonds. The van der Waals surface area contributed by atoms with Crippen molar-refractivity contribution in [2.24, 2.45) is 23.5 Å². The molecule has 0 saturated carbocycles. The first-order valence-electron chi connectivity index (χ1n) is 11.5. The van der Waals surface area contributed by atoms with Crippen molar-refractivity contribution in [2.45, 2.75) is 63.6 Å². The summed E-state index contributed by atoms with van der Waals surface area (Å²) < 4.78 is 27.8. The van der Waals surface area contributed by atoms with Crippen molar-refractivity contribution in [1.29, 1.82) is 0 Å². The molecule has 8 nitrogen and oxygen atoms in total. The van der Waals surface area contributed by atoms with Crippen LogP contribution in [0.3, 0.4) is 0 Å². The summed E-state index contributed by atoms with van der Waals surface area (Å²) >= 11 is 0. The van der Waals surface area contributed by atoms with Crippen LogP contribution in [-0.2, 0) is 19.6 Å². The van der Waals surface area contributed by atoms with Crippen LogP contribution in [0.4, 0.5) is 0 Å². The topological polar surface area (TPSA) is 113 Å². The highest BCUT2D eigenvalue weighted by Crippen LogP contribution is 2.34. The molecule has 9 heteroatoms. The predicted octanol–water partition coefficient (Wildman–Crippen LogP) is 1.42. The molecule has 0 bridgehead atoms. The minimum atomic E-state index is -3.62. The molecule has 2 heterocycles. The number of benzene rings is 1. The number of carbonyl (C=O) groups excluding carboxylic acids is 2. The summed E-state index contributed by atoms with van der Waals surface area (Å²) in [5, 5.41) is 2.85. The molecule has 32 heavy (non-hydrogen) atoms. The molecule has 3 N–H and O–H groups in total. The lowest BCUT2D eigenvalue weighted by atomic mass is 9.93. The van der Waals surface area contributed by atoms with Gasteiger partial charge in [-0.3, -0.25) is 9.59 Å². The Bertz CT molecular complexity index is 919. The van der Waals surface area contributed by atoms with Crippen molar-refractivity contribution in [3.05, 3.63) is 30.3 Å². The fourth-order valence-corrected chi connectivity index (χ4v) is 6.08. The first-order chi connectivity index (χ1) is 15.0. The zero-order valence-electron chi connectivity index (χ0n) is 19.4. The highest BCUT2D eigenvalue weighted by Gasteiger charge is 2.45. The van der Waals surface area contributed by atoms with Crippen LogP contribution in [0.2, 0.25) is 0 Å². The van der Waals surface area contributed by atoms with E-state index in [2.05, 4.69) is 5.32 Å². The molecular weight excluding hydrogens is 428 g/mol. The number of carbonyl (C=O) groups is 2. The molecule has 2 aliphatic heterocycles. The minimum absolute atomic E-state index is 0.0378. The number of nitrogens with one attached hydrogen (secondary N) is 1. The number of amides is 2. The van der Waals surface area contributed by atoms with Crippen LogP contribution >= 0.6 is 0 Å². The minimum Gasteiger partial charge on any atom is -0.343 e. The quantitative estimate of drug-likeness (QED) is 0.634. The summed E-state index contributed by atoms with van der Waals surface area (Å²) in [6, 6.07) is 6.85. The third kappa shape index (κ3) is 5.00. The van der Waals surface area contributed by atoms with E-state index in [0.717, 1.165) is 12.8 Å². The monoisotopic (exact) mass is 464 g/mol. The van der Waals surface area contributed by atoms with Gasteiger partial charge >= 0.3 is 0 Å². The van der Waals surface area contributed by atoms with Gasteiger partial charge in [-0.2, -0.15) is 4.31 Å². The SMILES string of the molecule is CC(C)[C@H](N)C(=O)N[C@H](C(=O)N1CCC2CCN(S(=O)(=O)c3ccccc3)CC21)C(C)C. The second-order valence-corrected chi connectivity index (χ2v) is 11.6. The molecule has 0 spiro atoms. The second kappa shape index (κ2) is 9.89. The third-order valence-electron chi connectivity index (χ3n) is 6.74. The summed E-state index contributed by atoms with van der Waals surface area (Å²) in [4.78, 5) is 28.1. The number of fused-ring (bicyclic) bond motifs is 1. The standard InChI is InChI=1S/C23H36N4O4S/c1-15(2)20(24)22(28)25-21(16(3)4)23(29)27-13-11-17-10-12-26(14-19(17)27)32(30,31)18-8-6-5-7-9-18/h5-9,15-17,19-21H,10-14,24H2,1-4H3,(H,25,28)/t17?,19?,20-,21-/m0/s1. The molecule has 2 saturated heterocycles. The highest BCUT2D eigenvalue weighted by atomic mass is 32.2. The zero-order chi connectivity index (χ0) is 23.6. The molecule has 0 aromatic heterocycles. The maximum Gasteiger partial charge on any atom is 0.245 e. The lowest BCUT2D eigenvalue weighted by Gasteiger charge is -2.39. The number of sulfonamides is 1. The van der Waals surface area contributed by atoms with Gasteiger partial charge in [-0.1, -0.05) is 45.9 Å². The Labute approximate surface area is 191 Å². The van der Waals surface area contributed by atoms with E-state index in [4.69, 9.17) is 5.73 Å². The zero-order valence-corrected chi connectivity index (χ0v) is 20.2. The number of nitrogens with zero attached hydrogens (tertiary/aromatic N) is 2. The number of likely N-dealkylation sites (tertiary alicyclic amines) is 1. The first-order valence-corrected chi connectivity index (χ1v) is 12.9. The van der Waals surface area contributed by atoms with E-state index in [1.165, 1.54) is 4.31 Å². The van der Waals surface area contributed by atoms with Gasteiger partial charge in [0.2, 0.25) is 21.8 Å². The second-order valence-electron chi connectivity index (χ2n) is 9.61. The Morgan fingerprint density at radius 1 is 1.03 bits per heavy atom. The van der Waals surface area contributed by atoms with Crippen LogP contribution in [-0.4, -0.2) is 67.2 Å². The molecular formula is C23H36N4O4S. The number of hydrogen-bond donors (Lipinski definition) is 2. The van der Waals surface area contributed by atoms with E-state index in [-0.39, 0.29) is 47.1 Å². The maximum absolute atomic E-state index is 13.5. The van der Waals surface area contributed by atoms with E-state index < -0.39 is 22.1 Å². The maximum atomic E-state index is 13.5. The van der Waals surface area contributed by atoms with E-state index in [1.54, 1.807) is 35.2 Å². The van der Waals surface area contributed by atoms with Gasteiger partial charge in [-0.05, 0) is 42.7 Å². The van der Waals surface area contributed by atoms with E-state index in [0.29, 0.717) is 13.1 Å². The van der Waals surface area contributed by atoms with Crippen molar-refractivity contribution in [3.8, 4) is 0 Å². The summed E-state index contributed by atoms with van der Waals surface area (Å²) in [6.45, 7) is 8.82. The van der Waals surface area contributed by atoms with Crippen LogP contribution in [0.5, 0.6) is 0 Å². The molecule has 3 rings (SSSR count). The van der Waals surface area contributed by atoms with Gasteiger partial charge in [0.25, 0.3) is 0 Å². The highest BCUT2D eigenvalue weighted by molar-refractivity contribution is 7.89. The molecule has 4 atom stereocenters. The Morgan fingerprint density at radius 2 is 1.66 bits per heavy atom. The van der Waals surface area contributed by atoms with Crippen LogP contribution < -0.4 is 11.1 Å². The summed E-state index contributed by atoms with van der Waals surface area (Å²) in [7, 11) is -3.62. The lowest BCUT2D eigenvalue weighted by Crippen LogP contribution is -2.58. The van der Waals surface area contributed by atoms with Crippen LogP contribution in [0, 0.1) is 17.8 Å². The predicted molar refractivity (Wildman–Crippen MR) is 123 cm³/mol. The van der Waals surface area contributed by atoms with Crippen LogP contribution in [0.1, 0.15) is 40.5 Å². The Kier molecular flexibility index (Phi) is 7.62. The van der Waals surface area contributed by atoms with Gasteiger partial charge in [-0.25, -0.2) is 8.42 Å². The van der Waals surface area contributed by atoms with Gasteiger partial charge in [-0.15, -0.1) is 0 Å². The van der Waals surface area contributed by atoms with Crippen molar-refractivity contribution in [1.82, 2.24) is 14.5 Å². The first kappa shape index (κ1) is 24.7. The molecule has 2 fully saturated rings. The molecule has 178 valence electrons.